The molecule has 1 heterocycles. The molecule has 4 rings (SSSR count). The third-order valence-electron chi connectivity index (χ3n) is 3.60. The van der Waals surface area contributed by atoms with E-state index in [1.165, 1.54) is 35.1 Å². The molecule has 0 aliphatic rings. The molecule has 0 radical (unpaired) electrons. The van der Waals surface area contributed by atoms with Crippen LogP contribution in [0.5, 0.6) is 0 Å². The minimum Gasteiger partial charge on any atom is -0.134 e. The van der Waals surface area contributed by atoms with Gasteiger partial charge in [0.25, 0.3) is 0 Å². The largest absolute Gasteiger partial charge is 0.134 e. The molecule has 1 aromatic heterocycles. The summed E-state index contributed by atoms with van der Waals surface area (Å²) in [6, 6.07) is 24.1. The highest BCUT2D eigenvalue weighted by atomic mass is 32.1. The van der Waals surface area contributed by atoms with E-state index in [0.717, 1.165) is 0 Å². The third kappa shape index (κ3) is 3.24. The van der Waals surface area contributed by atoms with Gasteiger partial charge in [0, 0.05) is 29.6 Å². The predicted octanol–water partition coefficient (Wildman–Crippen LogP) is 7.73. The van der Waals surface area contributed by atoms with Gasteiger partial charge in [0.05, 0.1) is 0 Å². The average molecular weight is 337 g/mol. The van der Waals surface area contributed by atoms with E-state index >= 15 is 0 Å². The number of rotatable bonds is 0. The molecule has 2 heteroatoms. The lowest BCUT2D eigenvalue weighted by molar-refractivity contribution is 1.50. The second-order valence-corrected chi connectivity index (χ2v) is 7.31. The first-order valence-electron chi connectivity index (χ1n) is 7.96. The van der Waals surface area contributed by atoms with Crippen LogP contribution in [0, 0.1) is 6.92 Å². The number of aryl methyl sites for hydroxylation is 1. The number of benzene rings is 3. The van der Waals surface area contributed by atoms with Gasteiger partial charge in [-0.1, -0.05) is 56.3 Å². The molecule has 0 nitrogen and oxygen atoms in total. The van der Waals surface area contributed by atoms with E-state index in [1.807, 2.05) is 36.5 Å². The normalized spacial score (nSPS) is 10.4. The van der Waals surface area contributed by atoms with Gasteiger partial charge >= 0.3 is 0 Å². The molecule has 0 aliphatic heterocycles. The fourth-order valence-electron chi connectivity index (χ4n) is 2.57. The fourth-order valence-corrected chi connectivity index (χ4v) is 4.87. The highest BCUT2D eigenvalue weighted by Crippen LogP contribution is 2.33. The molecule has 0 amide bonds. The summed E-state index contributed by atoms with van der Waals surface area (Å²) in [5.74, 6) is 0. The Kier molecular flexibility index (Phi) is 4.94. The van der Waals surface area contributed by atoms with Crippen molar-refractivity contribution in [3.05, 3.63) is 72.3 Å². The highest BCUT2D eigenvalue weighted by molar-refractivity contribution is 7.31. The fraction of sp³-hybridized carbons (Fsp3) is 0.143. The summed E-state index contributed by atoms with van der Waals surface area (Å²) in [5, 5.41) is 2.66. The van der Waals surface area contributed by atoms with Crippen molar-refractivity contribution in [2.75, 3.05) is 0 Å². The molecule has 116 valence electrons. The second kappa shape index (κ2) is 7.12. The molecule has 0 bridgehead atoms. The molecule has 0 unspecified atom stereocenters. The third-order valence-corrected chi connectivity index (χ3v) is 6.02. The lowest BCUT2D eigenvalue weighted by atomic mass is 10.1. The van der Waals surface area contributed by atoms with Gasteiger partial charge in [0.2, 0.25) is 0 Å². The first-order valence-corrected chi connectivity index (χ1v) is 9.59. The van der Waals surface area contributed by atoms with Crippen LogP contribution < -0.4 is 0 Å². The summed E-state index contributed by atoms with van der Waals surface area (Å²) < 4.78 is 5.35. The molecule has 0 atom stereocenters. The number of hydrogen-bond acceptors (Lipinski definition) is 2. The monoisotopic (exact) mass is 336 g/mol. The summed E-state index contributed by atoms with van der Waals surface area (Å²) in [4.78, 5) is 0. The first-order chi connectivity index (χ1) is 11.3. The minimum atomic E-state index is 1.31. The molecule has 0 aliphatic carbocycles. The van der Waals surface area contributed by atoms with Gasteiger partial charge in [-0.3, -0.25) is 0 Å². The van der Waals surface area contributed by atoms with Crippen molar-refractivity contribution >= 4 is 52.2 Å². The van der Waals surface area contributed by atoms with E-state index in [0.29, 0.717) is 0 Å². The Bertz CT molecular complexity index is 1000. The molecule has 0 saturated carbocycles. The van der Waals surface area contributed by atoms with Crippen LogP contribution in [0.2, 0.25) is 0 Å². The molecule has 23 heavy (non-hydrogen) atoms. The van der Waals surface area contributed by atoms with Crippen molar-refractivity contribution in [1.82, 2.24) is 0 Å². The minimum absolute atomic E-state index is 1.31. The molecule has 0 saturated heterocycles. The Hall–Kier alpha value is -1.90. The Labute approximate surface area is 145 Å². The SMILES string of the molecule is CC.Cc1ccc2sc3ccccc3c3ccccc3sc2c1. The zero-order chi connectivity index (χ0) is 16.2. The van der Waals surface area contributed by atoms with Crippen molar-refractivity contribution in [3.8, 4) is 0 Å². The Morgan fingerprint density at radius 1 is 0.565 bits per heavy atom. The van der Waals surface area contributed by atoms with Crippen molar-refractivity contribution in [2.45, 2.75) is 20.8 Å². The summed E-state index contributed by atoms with van der Waals surface area (Å²) in [6.07, 6.45) is 0. The van der Waals surface area contributed by atoms with Gasteiger partial charge in [-0.15, -0.1) is 22.7 Å². The molecule has 0 N–H and O–H groups in total. The molecule has 4 aromatic rings. The van der Waals surface area contributed by atoms with Crippen LogP contribution in [0.1, 0.15) is 19.4 Å². The summed E-state index contributed by atoms with van der Waals surface area (Å²) in [6.45, 7) is 6.16. The van der Waals surface area contributed by atoms with E-state index in [-0.39, 0.29) is 0 Å². The van der Waals surface area contributed by atoms with Gasteiger partial charge in [-0.05, 0) is 36.8 Å². The number of hydrogen-bond donors (Lipinski definition) is 0. The van der Waals surface area contributed by atoms with Gasteiger partial charge in [-0.2, -0.15) is 0 Å². The van der Waals surface area contributed by atoms with Crippen LogP contribution in [0.3, 0.4) is 0 Å². The van der Waals surface area contributed by atoms with Crippen LogP contribution in [-0.4, -0.2) is 0 Å². The Balaban J connectivity index is 0.000000753. The average Bonchev–Trinajstić information content (AvgIpc) is 2.59. The van der Waals surface area contributed by atoms with E-state index in [9.17, 15) is 0 Å². The quantitative estimate of drug-likeness (QED) is 0.308. The Morgan fingerprint density at radius 2 is 1.09 bits per heavy atom. The summed E-state index contributed by atoms with van der Waals surface area (Å²) in [5.41, 5.74) is 1.31. The van der Waals surface area contributed by atoms with Gasteiger partial charge in [0.1, 0.15) is 0 Å². The van der Waals surface area contributed by atoms with Crippen LogP contribution in [0.15, 0.2) is 66.7 Å². The zero-order valence-corrected chi connectivity index (χ0v) is 15.3. The maximum absolute atomic E-state index is 2.29. The molecule has 3 aromatic carbocycles. The lowest BCUT2D eigenvalue weighted by Gasteiger charge is -2.03. The van der Waals surface area contributed by atoms with Gasteiger partial charge < -0.3 is 0 Å². The van der Waals surface area contributed by atoms with Crippen molar-refractivity contribution in [3.63, 3.8) is 0 Å². The highest BCUT2D eigenvalue weighted by Gasteiger charge is 2.01. The predicted molar refractivity (Wildman–Crippen MR) is 108 cm³/mol. The van der Waals surface area contributed by atoms with Crippen molar-refractivity contribution < 1.29 is 0 Å². The lowest BCUT2D eigenvalue weighted by Crippen LogP contribution is -1.74. The molecule has 0 spiro atoms. The summed E-state index contributed by atoms with van der Waals surface area (Å²) >= 11 is 3.74. The van der Waals surface area contributed by atoms with E-state index in [2.05, 4.69) is 73.7 Å². The van der Waals surface area contributed by atoms with E-state index in [1.54, 1.807) is 0 Å². The van der Waals surface area contributed by atoms with Crippen LogP contribution >= 0.6 is 22.7 Å². The van der Waals surface area contributed by atoms with Crippen LogP contribution in [-0.2, 0) is 0 Å². The zero-order valence-electron chi connectivity index (χ0n) is 13.7. The molecule has 0 fully saturated rings. The van der Waals surface area contributed by atoms with Crippen molar-refractivity contribution in [2.24, 2.45) is 0 Å². The van der Waals surface area contributed by atoms with Gasteiger partial charge in [-0.25, -0.2) is 0 Å². The molecular weight excluding hydrogens is 316 g/mol. The topological polar surface area (TPSA) is 0 Å². The van der Waals surface area contributed by atoms with Crippen LogP contribution in [0.4, 0.5) is 0 Å². The standard InChI is InChI=1S/C19H14S2.C2H6/c1-13-10-11-18-19(12-13)21-17-9-5-3-7-15(17)14-6-2-4-8-16(14)20-18;1-2/h2-12H,1H3;1-2H3. The summed E-state index contributed by atoms with van der Waals surface area (Å²) in [7, 11) is 0. The van der Waals surface area contributed by atoms with Gasteiger partial charge in [0.15, 0.2) is 0 Å². The van der Waals surface area contributed by atoms with Crippen molar-refractivity contribution in [1.29, 1.82) is 0 Å². The second-order valence-electron chi connectivity index (χ2n) is 5.15. The maximum atomic E-state index is 2.29. The smallest absolute Gasteiger partial charge is 0.0451 e. The van der Waals surface area contributed by atoms with Crippen LogP contribution in [0.25, 0.3) is 29.6 Å². The Morgan fingerprint density at radius 3 is 1.70 bits per heavy atom. The number of fused-ring (bicyclic) bond motifs is 4. The maximum Gasteiger partial charge on any atom is 0.0451 e. The molecular formula is C21H20S2. The first kappa shape index (κ1) is 16.0. The van der Waals surface area contributed by atoms with E-state index in [4.69, 9.17) is 0 Å². The van der Waals surface area contributed by atoms with E-state index < -0.39 is 0 Å².